The molecular weight excluding hydrogens is 266 g/mol. The van der Waals surface area contributed by atoms with Gasteiger partial charge >= 0.3 is 0 Å². The first-order valence-corrected chi connectivity index (χ1v) is 7.45. The van der Waals surface area contributed by atoms with Crippen molar-refractivity contribution in [2.24, 2.45) is 5.73 Å². The van der Waals surface area contributed by atoms with Gasteiger partial charge in [0.25, 0.3) is 0 Å². The smallest absolute Gasteiger partial charge is 0.221 e. The number of likely N-dealkylation sites (N-methyl/N-ethyl adjacent to an activating group) is 1. The lowest BCUT2D eigenvalue weighted by atomic mass is 10.1. The summed E-state index contributed by atoms with van der Waals surface area (Å²) in [4.78, 5) is 14.0. The molecule has 1 aliphatic carbocycles. The number of nitrogens with one attached hydrogen (secondary N) is 1. The number of hydrogen-bond donors (Lipinski definition) is 2. The third-order valence-corrected chi connectivity index (χ3v) is 3.85. The number of nitrogens with zero attached hydrogens (tertiary/aromatic N) is 1. The Kier molecular flexibility index (Phi) is 5.59. The molecule has 0 saturated heterocycles. The Morgan fingerprint density at radius 3 is 2.62 bits per heavy atom. The molecule has 0 heterocycles. The fraction of sp³-hybridized carbons (Fsp3) is 0.562. The topological polar surface area (TPSA) is 67.6 Å². The van der Waals surface area contributed by atoms with Crippen LogP contribution < -0.4 is 15.8 Å². The van der Waals surface area contributed by atoms with Gasteiger partial charge in [0, 0.05) is 31.6 Å². The highest BCUT2D eigenvalue weighted by Gasteiger charge is 2.25. The summed E-state index contributed by atoms with van der Waals surface area (Å²) in [6.07, 6.45) is 2.68. The van der Waals surface area contributed by atoms with Crippen molar-refractivity contribution in [1.82, 2.24) is 10.2 Å². The predicted molar refractivity (Wildman–Crippen MR) is 83.1 cm³/mol. The van der Waals surface area contributed by atoms with Crippen LogP contribution in [0.5, 0.6) is 5.75 Å². The quantitative estimate of drug-likeness (QED) is 0.753. The van der Waals surface area contributed by atoms with Crippen LogP contribution in [0.25, 0.3) is 0 Å². The number of benzene rings is 1. The number of ether oxygens (including phenoxy) is 1. The van der Waals surface area contributed by atoms with Crippen LogP contribution in [-0.4, -0.2) is 43.6 Å². The number of carbonyl (C=O) groups excluding carboxylic acids is 1. The van der Waals surface area contributed by atoms with E-state index in [2.05, 4.69) is 10.2 Å². The van der Waals surface area contributed by atoms with Crippen molar-refractivity contribution in [3.63, 3.8) is 0 Å². The molecule has 0 spiro atoms. The van der Waals surface area contributed by atoms with Gasteiger partial charge in [0.15, 0.2) is 0 Å². The van der Waals surface area contributed by atoms with Crippen LogP contribution in [-0.2, 0) is 11.3 Å². The molecule has 1 fully saturated rings. The van der Waals surface area contributed by atoms with Gasteiger partial charge in [-0.15, -0.1) is 0 Å². The predicted octanol–water partition coefficient (Wildman–Crippen LogP) is 1.12. The van der Waals surface area contributed by atoms with E-state index in [4.69, 9.17) is 10.5 Å². The van der Waals surface area contributed by atoms with Crippen molar-refractivity contribution in [2.45, 2.75) is 37.9 Å². The summed E-state index contributed by atoms with van der Waals surface area (Å²) in [6, 6.07) is 8.43. The van der Waals surface area contributed by atoms with Gasteiger partial charge in [0.05, 0.1) is 7.11 Å². The summed E-state index contributed by atoms with van der Waals surface area (Å²) in [5.41, 5.74) is 7.01. The fourth-order valence-electron chi connectivity index (χ4n) is 2.30. The zero-order chi connectivity index (χ0) is 15.2. The van der Waals surface area contributed by atoms with Crippen LogP contribution in [0, 0.1) is 0 Å². The molecule has 0 aliphatic heterocycles. The maximum atomic E-state index is 11.9. The first kappa shape index (κ1) is 15.8. The highest BCUT2D eigenvalue weighted by molar-refractivity contribution is 5.77. The second kappa shape index (κ2) is 7.43. The van der Waals surface area contributed by atoms with Crippen LogP contribution in [0.4, 0.5) is 0 Å². The van der Waals surface area contributed by atoms with Gasteiger partial charge < -0.3 is 15.8 Å². The number of nitrogens with two attached hydrogens (primary N) is 1. The molecule has 2 rings (SSSR count). The maximum absolute atomic E-state index is 11.9. The number of carbonyl (C=O) groups is 1. The van der Waals surface area contributed by atoms with Crippen molar-refractivity contribution >= 4 is 5.91 Å². The molecule has 21 heavy (non-hydrogen) atoms. The fourth-order valence-corrected chi connectivity index (χ4v) is 2.30. The van der Waals surface area contributed by atoms with Crippen molar-refractivity contribution in [3.05, 3.63) is 29.8 Å². The van der Waals surface area contributed by atoms with E-state index in [-0.39, 0.29) is 11.9 Å². The standard InChI is InChI=1S/C16H25N3O2/c1-19(11-12-3-7-15(21-2)8-4-12)14(10-17)9-16(20)18-13-5-6-13/h3-4,7-8,13-14H,5-6,9-11,17H2,1-2H3,(H,18,20). The first-order valence-electron chi connectivity index (χ1n) is 7.45. The SMILES string of the molecule is COc1ccc(CN(C)C(CN)CC(=O)NC2CC2)cc1. The second-order valence-corrected chi connectivity index (χ2v) is 5.70. The van der Waals surface area contributed by atoms with Gasteiger partial charge in [-0.1, -0.05) is 12.1 Å². The minimum atomic E-state index is 0.0610. The number of rotatable bonds is 8. The van der Waals surface area contributed by atoms with Gasteiger partial charge in [-0.2, -0.15) is 0 Å². The molecule has 5 nitrogen and oxygen atoms in total. The van der Waals surface area contributed by atoms with E-state index >= 15 is 0 Å². The average Bonchev–Trinajstić information content (AvgIpc) is 3.29. The van der Waals surface area contributed by atoms with E-state index < -0.39 is 0 Å². The Bertz CT molecular complexity index is 457. The first-order chi connectivity index (χ1) is 10.1. The molecule has 5 heteroatoms. The zero-order valence-corrected chi connectivity index (χ0v) is 12.8. The van der Waals surface area contributed by atoms with Crippen LogP contribution in [0.15, 0.2) is 24.3 Å². The molecule has 1 aromatic carbocycles. The van der Waals surface area contributed by atoms with Crippen molar-refractivity contribution in [3.8, 4) is 5.75 Å². The molecule has 1 aromatic rings. The molecule has 116 valence electrons. The van der Waals surface area contributed by atoms with Crippen LogP contribution in [0.3, 0.4) is 0 Å². The van der Waals surface area contributed by atoms with Gasteiger partial charge in [-0.05, 0) is 37.6 Å². The molecule has 3 N–H and O–H groups in total. The zero-order valence-electron chi connectivity index (χ0n) is 12.8. The normalized spacial score (nSPS) is 15.8. The summed E-state index contributed by atoms with van der Waals surface area (Å²) in [7, 11) is 3.66. The van der Waals surface area contributed by atoms with E-state index in [9.17, 15) is 4.79 Å². The van der Waals surface area contributed by atoms with E-state index in [1.807, 2.05) is 31.3 Å². The minimum absolute atomic E-state index is 0.0610. The minimum Gasteiger partial charge on any atom is -0.497 e. The van der Waals surface area contributed by atoms with Crippen LogP contribution in [0.2, 0.25) is 0 Å². The Morgan fingerprint density at radius 2 is 2.10 bits per heavy atom. The molecule has 1 amide bonds. The summed E-state index contributed by atoms with van der Waals surface area (Å²) in [6.45, 7) is 1.24. The monoisotopic (exact) mass is 291 g/mol. The molecule has 0 aromatic heterocycles. The lowest BCUT2D eigenvalue weighted by molar-refractivity contribution is -0.122. The largest absolute Gasteiger partial charge is 0.497 e. The molecule has 0 bridgehead atoms. The molecule has 1 unspecified atom stereocenters. The molecule has 1 aliphatic rings. The third-order valence-electron chi connectivity index (χ3n) is 3.85. The van der Waals surface area contributed by atoms with Crippen molar-refractivity contribution in [1.29, 1.82) is 0 Å². The Morgan fingerprint density at radius 1 is 1.43 bits per heavy atom. The summed E-state index contributed by atoms with van der Waals surface area (Å²) >= 11 is 0. The highest BCUT2D eigenvalue weighted by Crippen LogP contribution is 2.19. The lowest BCUT2D eigenvalue weighted by Gasteiger charge is -2.26. The maximum Gasteiger partial charge on any atom is 0.221 e. The van der Waals surface area contributed by atoms with Crippen LogP contribution >= 0.6 is 0 Å². The third kappa shape index (κ3) is 5.02. The van der Waals surface area contributed by atoms with E-state index in [1.54, 1.807) is 7.11 Å². The Balaban J connectivity index is 1.85. The molecule has 1 saturated carbocycles. The lowest BCUT2D eigenvalue weighted by Crippen LogP contribution is -2.41. The summed E-state index contributed by atoms with van der Waals surface area (Å²) in [5.74, 6) is 0.954. The van der Waals surface area contributed by atoms with Crippen molar-refractivity contribution in [2.75, 3.05) is 20.7 Å². The van der Waals surface area contributed by atoms with Gasteiger partial charge in [0.2, 0.25) is 5.91 Å². The second-order valence-electron chi connectivity index (χ2n) is 5.70. The molecular formula is C16H25N3O2. The number of amides is 1. The van der Waals surface area contributed by atoms with E-state index in [0.29, 0.717) is 19.0 Å². The summed E-state index contributed by atoms with van der Waals surface area (Å²) < 4.78 is 5.15. The van der Waals surface area contributed by atoms with Gasteiger partial charge in [0.1, 0.15) is 5.75 Å². The van der Waals surface area contributed by atoms with Crippen molar-refractivity contribution < 1.29 is 9.53 Å². The van der Waals surface area contributed by atoms with Gasteiger partial charge in [-0.3, -0.25) is 9.69 Å². The van der Waals surface area contributed by atoms with Gasteiger partial charge in [-0.25, -0.2) is 0 Å². The number of hydrogen-bond acceptors (Lipinski definition) is 4. The molecule has 0 radical (unpaired) electrons. The number of methoxy groups -OCH3 is 1. The van der Waals surface area contributed by atoms with E-state index in [0.717, 1.165) is 25.1 Å². The van der Waals surface area contributed by atoms with Crippen LogP contribution in [0.1, 0.15) is 24.8 Å². The highest BCUT2D eigenvalue weighted by atomic mass is 16.5. The average molecular weight is 291 g/mol. The summed E-state index contributed by atoms with van der Waals surface area (Å²) in [5, 5.41) is 3.01. The van der Waals surface area contributed by atoms with E-state index in [1.165, 1.54) is 5.56 Å². The Hall–Kier alpha value is -1.59. The molecule has 1 atom stereocenters. The Labute approximate surface area is 126 Å².